The van der Waals surface area contributed by atoms with Gasteiger partial charge in [0.2, 0.25) is 0 Å². The number of piperazine rings is 1. The number of aryl methyl sites for hydroxylation is 1. The summed E-state index contributed by atoms with van der Waals surface area (Å²) in [7, 11) is 3.47. The quantitative estimate of drug-likeness (QED) is 0.634. The second-order valence-corrected chi connectivity index (χ2v) is 7.64. The molecular formula is C24H28N4O2. The second-order valence-electron chi connectivity index (χ2n) is 7.64. The van der Waals surface area contributed by atoms with Crippen LogP contribution in [0.15, 0.2) is 60.7 Å². The summed E-state index contributed by atoms with van der Waals surface area (Å²) in [6, 6.07) is 20.2. The first-order valence-corrected chi connectivity index (χ1v) is 10.4. The summed E-state index contributed by atoms with van der Waals surface area (Å²) < 4.78 is 6.98. The average Bonchev–Trinajstić information content (AvgIpc) is 3.20. The first-order chi connectivity index (χ1) is 14.6. The number of carbonyl (C=O) groups is 1. The van der Waals surface area contributed by atoms with Crippen molar-refractivity contribution in [2.45, 2.75) is 6.42 Å². The molecule has 0 unspecified atom stereocenters. The molecule has 0 saturated carbocycles. The Balaban J connectivity index is 1.36. The highest BCUT2D eigenvalue weighted by Gasteiger charge is 2.24. The first-order valence-electron chi connectivity index (χ1n) is 10.4. The molecule has 0 spiro atoms. The van der Waals surface area contributed by atoms with Gasteiger partial charge in [0.05, 0.1) is 12.8 Å². The van der Waals surface area contributed by atoms with E-state index in [1.165, 1.54) is 5.56 Å². The van der Waals surface area contributed by atoms with E-state index >= 15 is 0 Å². The molecule has 1 aliphatic rings. The van der Waals surface area contributed by atoms with Crippen LogP contribution in [-0.2, 0) is 13.5 Å². The molecule has 0 N–H and O–H groups in total. The molecule has 1 saturated heterocycles. The monoisotopic (exact) mass is 404 g/mol. The molecule has 1 aliphatic heterocycles. The topological polar surface area (TPSA) is 50.6 Å². The molecular weight excluding hydrogens is 376 g/mol. The minimum Gasteiger partial charge on any atom is -0.497 e. The molecule has 0 aliphatic carbocycles. The van der Waals surface area contributed by atoms with Crippen molar-refractivity contribution in [3.8, 4) is 17.0 Å². The van der Waals surface area contributed by atoms with Crippen LogP contribution in [0.3, 0.4) is 0 Å². The van der Waals surface area contributed by atoms with Crippen molar-refractivity contribution in [1.82, 2.24) is 19.6 Å². The lowest BCUT2D eigenvalue weighted by atomic mass is 10.1. The lowest BCUT2D eigenvalue weighted by Crippen LogP contribution is -2.49. The fourth-order valence-corrected chi connectivity index (χ4v) is 3.86. The Kier molecular flexibility index (Phi) is 6.14. The van der Waals surface area contributed by atoms with Gasteiger partial charge in [-0.15, -0.1) is 0 Å². The number of benzene rings is 2. The van der Waals surface area contributed by atoms with E-state index in [-0.39, 0.29) is 5.91 Å². The van der Waals surface area contributed by atoms with Gasteiger partial charge in [-0.2, -0.15) is 5.10 Å². The molecule has 0 atom stereocenters. The number of methoxy groups -OCH3 is 1. The number of ether oxygens (including phenoxy) is 1. The molecule has 0 radical (unpaired) electrons. The summed E-state index contributed by atoms with van der Waals surface area (Å²) in [5, 5.41) is 4.55. The highest BCUT2D eigenvalue weighted by molar-refractivity contribution is 5.93. The largest absolute Gasteiger partial charge is 0.497 e. The van der Waals surface area contributed by atoms with E-state index in [0.717, 1.165) is 56.2 Å². The highest BCUT2D eigenvalue weighted by Crippen LogP contribution is 2.24. The van der Waals surface area contributed by atoms with Crippen molar-refractivity contribution >= 4 is 5.91 Å². The normalized spacial score (nSPS) is 14.7. The van der Waals surface area contributed by atoms with Crippen LogP contribution in [0.2, 0.25) is 0 Å². The Morgan fingerprint density at radius 1 is 1.00 bits per heavy atom. The Bertz CT molecular complexity index is 991. The molecule has 6 heteroatoms. The van der Waals surface area contributed by atoms with Crippen LogP contribution in [0.25, 0.3) is 11.3 Å². The SMILES string of the molecule is COc1cccc(-c2cc(C(=O)N3CCN(CCc4ccccc4)CC3)n(C)n2)c1. The Morgan fingerprint density at radius 2 is 1.77 bits per heavy atom. The summed E-state index contributed by atoms with van der Waals surface area (Å²) in [6.45, 7) is 4.32. The van der Waals surface area contributed by atoms with Crippen molar-refractivity contribution in [1.29, 1.82) is 0 Å². The van der Waals surface area contributed by atoms with Crippen molar-refractivity contribution in [3.63, 3.8) is 0 Å². The molecule has 2 aromatic carbocycles. The van der Waals surface area contributed by atoms with Crippen molar-refractivity contribution in [2.75, 3.05) is 39.8 Å². The lowest BCUT2D eigenvalue weighted by Gasteiger charge is -2.34. The lowest BCUT2D eigenvalue weighted by molar-refractivity contribution is 0.0627. The predicted octanol–water partition coefficient (Wildman–Crippen LogP) is 3.10. The molecule has 6 nitrogen and oxygen atoms in total. The third-order valence-corrected chi connectivity index (χ3v) is 5.68. The van der Waals surface area contributed by atoms with Crippen LogP contribution >= 0.6 is 0 Å². The van der Waals surface area contributed by atoms with Crippen LogP contribution in [-0.4, -0.2) is 65.3 Å². The number of hydrogen-bond acceptors (Lipinski definition) is 4. The Morgan fingerprint density at radius 3 is 2.50 bits per heavy atom. The van der Waals surface area contributed by atoms with Gasteiger partial charge in [-0.1, -0.05) is 42.5 Å². The fourth-order valence-electron chi connectivity index (χ4n) is 3.86. The molecule has 2 heterocycles. The minimum absolute atomic E-state index is 0.0434. The van der Waals surface area contributed by atoms with Gasteiger partial charge < -0.3 is 9.64 Å². The smallest absolute Gasteiger partial charge is 0.272 e. The van der Waals surface area contributed by atoms with Gasteiger partial charge in [-0.25, -0.2) is 0 Å². The zero-order valence-corrected chi connectivity index (χ0v) is 17.6. The standard InChI is InChI=1S/C24H28N4O2/c1-26-23(18-22(25-26)20-9-6-10-21(17-20)30-2)24(29)28-15-13-27(14-16-28)12-11-19-7-4-3-5-8-19/h3-10,17-18H,11-16H2,1-2H3. The van der Waals surface area contributed by atoms with Crippen LogP contribution in [0.1, 0.15) is 16.1 Å². The van der Waals surface area contributed by atoms with E-state index in [1.54, 1.807) is 11.8 Å². The number of carbonyl (C=O) groups excluding carboxylic acids is 1. The van der Waals surface area contributed by atoms with Crippen LogP contribution in [0.5, 0.6) is 5.75 Å². The van der Waals surface area contributed by atoms with E-state index in [4.69, 9.17) is 4.74 Å². The Labute approximate surface area is 177 Å². The minimum atomic E-state index is 0.0434. The number of amides is 1. The molecule has 4 rings (SSSR count). The maximum Gasteiger partial charge on any atom is 0.272 e. The second kappa shape index (κ2) is 9.13. The van der Waals surface area contributed by atoms with Gasteiger partial charge in [-0.05, 0) is 30.2 Å². The number of hydrogen-bond donors (Lipinski definition) is 0. The van der Waals surface area contributed by atoms with Gasteiger partial charge >= 0.3 is 0 Å². The highest BCUT2D eigenvalue weighted by atomic mass is 16.5. The third-order valence-electron chi connectivity index (χ3n) is 5.68. The maximum atomic E-state index is 13.1. The summed E-state index contributed by atoms with van der Waals surface area (Å²) in [5.74, 6) is 0.819. The third kappa shape index (κ3) is 4.54. The molecule has 3 aromatic rings. The van der Waals surface area contributed by atoms with Crippen LogP contribution in [0.4, 0.5) is 0 Å². The number of nitrogens with zero attached hydrogens (tertiary/aromatic N) is 4. The van der Waals surface area contributed by atoms with Crippen LogP contribution < -0.4 is 4.74 Å². The van der Waals surface area contributed by atoms with E-state index in [0.29, 0.717) is 5.69 Å². The van der Waals surface area contributed by atoms with Crippen molar-refractivity contribution in [3.05, 3.63) is 71.9 Å². The van der Waals surface area contributed by atoms with E-state index in [9.17, 15) is 4.79 Å². The summed E-state index contributed by atoms with van der Waals surface area (Å²) in [5.41, 5.74) is 3.69. The fraction of sp³-hybridized carbons (Fsp3) is 0.333. The molecule has 30 heavy (non-hydrogen) atoms. The van der Waals surface area contributed by atoms with Gasteiger partial charge in [0, 0.05) is 45.3 Å². The van der Waals surface area contributed by atoms with Gasteiger partial charge in [0.25, 0.3) is 5.91 Å². The molecule has 1 aromatic heterocycles. The Hall–Kier alpha value is -3.12. The molecule has 156 valence electrons. The summed E-state index contributed by atoms with van der Waals surface area (Å²) >= 11 is 0. The summed E-state index contributed by atoms with van der Waals surface area (Å²) in [6.07, 6.45) is 1.04. The zero-order chi connectivity index (χ0) is 20.9. The van der Waals surface area contributed by atoms with Gasteiger partial charge in [0.1, 0.15) is 11.4 Å². The van der Waals surface area contributed by atoms with E-state index < -0.39 is 0 Å². The predicted molar refractivity (Wildman–Crippen MR) is 118 cm³/mol. The maximum absolute atomic E-state index is 13.1. The van der Waals surface area contributed by atoms with E-state index in [2.05, 4.69) is 34.3 Å². The first kappa shape index (κ1) is 20.2. The molecule has 1 amide bonds. The average molecular weight is 405 g/mol. The van der Waals surface area contributed by atoms with Gasteiger partial charge in [0.15, 0.2) is 0 Å². The zero-order valence-electron chi connectivity index (χ0n) is 17.6. The molecule has 1 fully saturated rings. The summed E-state index contributed by atoms with van der Waals surface area (Å²) in [4.78, 5) is 17.5. The van der Waals surface area contributed by atoms with Crippen molar-refractivity contribution in [2.24, 2.45) is 7.05 Å². The molecule has 0 bridgehead atoms. The number of aromatic nitrogens is 2. The van der Waals surface area contributed by atoms with Crippen LogP contribution in [0, 0.1) is 0 Å². The van der Waals surface area contributed by atoms with E-state index in [1.807, 2.05) is 48.3 Å². The van der Waals surface area contributed by atoms with Crippen molar-refractivity contribution < 1.29 is 9.53 Å². The number of rotatable bonds is 6. The van der Waals surface area contributed by atoms with Gasteiger partial charge in [-0.3, -0.25) is 14.4 Å².